The van der Waals surface area contributed by atoms with Gasteiger partial charge in [0, 0.05) is 19.6 Å². The number of nitrogens with zero attached hydrogens (tertiary/aromatic N) is 1. The fraction of sp³-hybridized carbons (Fsp3) is 0.350. The van der Waals surface area contributed by atoms with E-state index in [1.807, 2.05) is 0 Å². The van der Waals surface area contributed by atoms with Gasteiger partial charge in [0.25, 0.3) is 0 Å². The SMILES string of the molecule is O=C(NCCC1CCN(S(=O)(=O)c2ccccc2)CC1)Nc1ccccc1Cl. The van der Waals surface area contributed by atoms with Crippen LogP contribution in [0.5, 0.6) is 0 Å². The zero-order valence-corrected chi connectivity index (χ0v) is 17.0. The van der Waals surface area contributed by atoms with Crippen molar-refractivity contribution in [3.8, 4) is 0 Å². The summed E-state index contributed by atoms with van der Waals surface area (Å²) in [7, 11) is -3.42. The number of benzene rings is 2. The lowest BCUT2D eigenvalue weighted by Crippen LogP contribution is -2.39. The summed E-state index contributed by atoms with van der Waals surface area (Å²) >= 11 is 6.02. The smallest absolute Gasteiger partial charge is 0.319 e. The molecular formula is C20H24ClN3O3S. The second kappa shape index (κ2) is 9.41. The van der Waals surface area contributed by atoms with E-state index in [4.69, 9.17) is 11.6 Å². The number of hydrogen-bond acceptors (Lipinski definition) is 3. The predicted molar refractivity (Wildman–Crippen MR) is 111 cm³/mol. The number of hydrogen-bond donors (Lipinski definition) is 2. The Hall–Kier alpha value is -2.09. The van der Waals surface area contributed by atoms with Crippen molar-refractivity contribution < 1.29 is 13.2 Å². The van der Waals surface area contributed by atoms with E-state index in [1.54, 1.807) is 58.9 Å². The van der Waals surface area contributed by atoms with Gasteiger partial charge in [0.1, 0.15) is 0 Å². The van der Waals surface area contributed by atoms with E-state index in [2.05, 4.69) is 10.6 Å². The van der Waals surface area contributed by atoms with Crippen LogP contribution >= 0.6 is 11.6 Å². The third-order valence-corrected chi connectivity index (χ3v) is 7.16. The first kappa shape index (κ1) is 20.6. The minimum Gasteiger partial charge on any atom is -0.338 e. The summed E-state index contributed by atoms with van der Waals surface area (Å²) in [5.41, 5.74) is 0.570. The van der Waals surface area contributed by atoms with E-state index in [0.717, 1.165) is 19.3 Å². The number of urea groups is 1. The highest BCUT2D eigenvalue weighted by atomic mass is 35.5. The van der Waals surface area contributed by atoms with Gasteiger partial charge in [-0.05, 0) is 49.4 Å². The number of para-hydroxylation sites is 1. The van der Waals surface area contributed by atoms with E-state index in [-0.39, 0.29) is 6.03 Å². The van der Waals surface area contributed by atoms with Crippen LogP contribution in [0.4, 0.5) is 10.5 Å². The first-order valence-corrected chi connectivity index (χ1v) is 11.1. The maximum absolute atomic E-state index is 12.6. The van der Waals surface area contributed by atoms with Crippen LogP contribution in [0, 0.1) is 5.92 Å². The van der Waals surface area contributed by atoms with Crippen molar-refractivity contribution >= 4 is 33.3 Å². The Balaban J connectivity index is 1.41. The van der Waals surface area contributed by atoms with Crippen LogP contribution in [0.25, 0.3) is 0 Å². The molecule has 2 aromatic rings. The van der Waals surface area contributed by atoms with E-state index in [1.165, 1.54) is 0 Å². The van der Waals surface area contributed by atoms with Gasteiger partial charge >= 0.3 is 6.03 Å². The van der Waals surface area contributed by atoms with E-state index >= 15 is 0 Å². The van der Waals surface area contributed by atoms with Crippen LogP contribution in [0.1, 0.15) is 19.3 Å². The van der Waals surface area contributed by atoms with Crippen LogP contribution < -0.4 is 10.6 Å². The van der Waals surface area contributed by atoms with Crippen molar-refractivity contribution in [1.82, 2.24) is 9.62 Å². The minimum absolute atomic E-state index is 0.294. The molecule has 28 heavy (non-hydrogen) atoms. The number of amides is 2. The summed E-state index contributed by atoms with van der Waals surface area (Å²) in [6, 6.07) is 15.3. The molecule has 2 N–H and O–H groups in total. The number of sulfonamides is 1. The van der Waals surface area contributed by atoms with Gasteiger partial charge in [0.15, 0.2) is 0 Å². The monoisotopic (exact) mass is 421 g/mol. The number of halogens is 1. The molecule has 2 amide bonds. The Morgan fingerprint density at radius 1 is 1.04 bits per heavy atom. The summed E-state index contributed by atoms with van der Waals surface area (Å²) in [6.07, 6.45) is 2.40. The lowest BCUT2D eigenvalue weighted by atomic mass is 9.95. The third kappa shape index (κ3) is 5.25. The Bertz CT molecular complexity index is 898. The zero-order valence-electron chi connectivity index (χ0n) is 15.5. The topological polar surface area (TPSA) is 78.5 Å². The van der Waals surface area contributed by atoms with Crippen LogP contribution in [0.2, 0.25) is 5.02 Å². The first-order chi connectivity index (χ1) is 13.5. The molecule has 1 aliphatic heterocycles. The highest BCUT2D eigenvalue weighted by Crippen LogP contribution is 2.25. The lowest BCUT2D eigenvalue weighted by Gasteiger charge is -2.31. The van der Waals surface area contributed by atoms with Gasteiger partial charge in [-0.15, -0.1) is 0 Å². The molecule has 0 radical (unpaired) electrons. The second-order valence-electron chi connectivity index (χ2n) is 6.81. The average Bonchev–Trinajstić information content (AvgIpc) is 2.71. The molecule has 1 saturated heterocycles. The van der Waals surface area contributed by atoms with Crippen LogP contribution in [-0.2, 0) is 10.0 Å². The van der Waals surface area contributed by atoms with Gasteiger partial charge in [-0.25, -0.2) is 13.2 Å². The van der Waals surface area contributed by atoms with Crippen molar-refractivity contribution in [2.75, 3.05) is 25.0 Å². The number of nitrogens with one attached hydrogen (secondary N) is 2. The van der Waals surface area contributed by atoms with E-state index in [9.17, 15) is 13.2 Å². The van der Waals surface area contributed by atoms with Crippen molar-refractivity contribution in [1.29, 1.82) is 0 Å². The largest absolute Gasteiger partial charge is 0.338 e. The van der Waals surface area contributed by atoms with Crippen LogP contribution in [0.15, 0.2) is 59.5 Å². The number of carbonyl (C=O) groups excluding carboxylic acids is 1. The maximum Gasteiger partial charge on any atom is 0.319 e. The van der Waals surface area contributed by atoms with E-state index < -0.39 is 10.0 Å². The van der Waals surface area contributed by atoms with E-state index in [0.29, 0.717) is 41.2 Å². The third-order valence-electron chi connectivity index (χ3n) is 4.91. The van der Waals surface area contributed by atoms with Gasteiger partial charge in [0.05, 0.1) is 15.6 Å². The van der Waals surface area contributed by atoms with Gasteiger partial charge in [-0.2, -0.15) is 4.31 Å². The molecule has 3 rings (SSSR count). The zero-order chi connectivity index (χ0) is 20.0. The molecule has 0 saturated carbocycles. The van der Waals surface area contributed by atoms with Crippen molar-refractivity contribution in [2.45, 2.75) is 24.2 Å². The standard InChI is InChI=1S/C20H24ClN3O3S/c21-18-8-4-5-9-19(18)23-20(25)22-13-10-16-11-14-24(15-12-16)28(26,27)17-6-2-1-3-7-17/h1-9,16H,10-15H2,(H2,22,23,25). The Morgan fingerprint density at radius 2 is 1.68 bits per heavy atom. The summed E-state index contributed by atoms with van der Waals surface area (Å²) in [6.45, 7) is 1.55. The molecular weight excluding hydrogens is 398 g/mol. The highest BCUT2D eigenvalue weighted by molar-refractivity contribution is 7.89. The molecule has 0 spiro atoms. The highest BCUT2D eigenvalue weighted by Gasteiger charge is 2.29. The summed E-state index contributed by atoms with van der Waals surface area (Å²) < 4.78 is 26.8. The Kier molecular flexibility index (Phi) is 6.93. The first-order valence-electron chi connectivity index (χ1n) is 9.31. The molecule has 1 aliphatic rings. The molecule has 2 aromatic carbocycles. The van der Waals surface area contributed by atoms with Crippen LogP contribution in [0.3, 0.4) is 0 Å². The Morgan fingerprint density at radius 3 is 2.36 bits per heavy atom. The second-order valence-corrected chi connectivity index (χ2v) is 9.16. The molecule has 1 fully saturated rings. The summed E-state index contributed by atoms with van der Waals surface area (Å²) in [5.74, 6) is 0.392. The minimum atomic E-state index is -3.42. The lowest BCUT2D eigenvalue weighted by molar-refractivity contribution is 0.245. The van der Waals surface area contributed by atoms with Crippen molar-refractivity contribution in [2.24, 2.45) is 5.92 Å². The molecule has 0 aromatic heterocycles. The van der Waals surface area contributed by atoms with Crippen molar-refractivity contribution in [3.63, 3.8) is 0 Å². The Labute approximate surface area is 170 Å². The van der Waals surface area contributed by atoms with Crippen LogP contribution in [-0.4, -0.2) is 38.4 Å². The summed E-state index contributed by atoms with van der Waals surface area (Å²) in [4.78, 5) is 12.3. The number of carbonyl (C=O) groups is 1. The summed E-state index contributed by atoms with van der Waals surface area (Å²) in [5, 5.41) is 6.05. The molecule has 0 unspecified atom stereocenters. The molecule has 0 atom stereocenters. The molecule has 150 valence electrons. The molecule has 1 heterocycles. The van der Waals surface area contributed by atoms with Gasteiger partial charge in [-0.3, -0.25) is 0 Å². The maximum atomic E-state index is 12.6. The fourth-order valence-corrected chi connectivity index (χ4v) is 4.97. The quantitative estimate of drug-likeness (QED) is 0.741. The molecule has 0 bridgehead atoms. The molecule has 8 heteroatoms. The number of anilines is 1. The van der Waals surface area contributed by atoms with Gasteiger partial charge < -0.3 is 10.6 Å². The van der Waals surface area contributed by atoms with Gasteiger partial charge in [0.2, 0.25) is 10.0 Å². The van der Waals surface area contributed by atoms with Gasteiger partial charge in [-0.1, -0.05) is 41.9 Å². The number of rotatable bonds is 6. The normalized spacial score (nSPS) is 15.9. The number of piperidine rings is 1. The predicted octanol–water partition coefficient (Wildman–Crippen LogP) is 3.95. The molecule has 6 nitrogen and oxygen atoms in total. The average molecular weight is 422 g/mol. The van der Waals surface area contributed by atoms with Crippen molar-refractivity contribution in [3.05, 3.63) is 59.6 Å². The molecule has 0 aliphatic carbocycles. The fourth-order valence-electron chi connectivity index (χ4n) is 3.30.